The Morgan fingerprint density at radius 3 is 2.74 bits per heavy atom. The van der Waals surface area contributed by atoms with Gasteiger partial charge in [-0.2, -0.15) is 0 Å². The number of fused-ring (bicyclic) bond motifs is 3. The number of para-hydroxylation sites is 1. The van der Waals surface area contributed by atoms with Crippen LogP contribution >= 0.6 is 23.1 Å². The molecule has 174 valence electrons. The van der Waals surface area contributed by atoms with Crippen LogP contribution in [-0.2, 0) is 24.2 Å². The van der Waals surface area contributed by atoms with Crippen molar-refractivity contribution < 1.29 is 14.0 Å². The summed E-state index contributed by atoms with van der Waals surface area (Å²) in [5.74, 6) is 0.0331. The highest BCUT2D eigenvalue weighted by atomic mass is 32.2. The number of aromatic nitrogens is 2. The number of rotatable bonds is 6. The molecule has 3 heterocycles. The van der Waals surface area contributed by atoms with Crippen molar-refractivity contribution in [2.75, 3.05) is 5.75 Å². The lowest BCUT2D eigenvalue weighted by Gasteiger charge is -2.13. The number of carbonyl (C=O) groups excluding carboxylic acids is 2. The maximum Gasteiger partial charge on any atom is 0.321 e. The van der Waals surface area contributed by atoms with Crippen molar-refractivity contribution in [2.24, 2.45) is 0 Å². The van der Waals surface area contributed by atoms with Crippen LogP contribution in [0.2, 0.25) is 0 Å². The summed E-state index contributed by atoms with van der Waals surface area (Å²) in [6.07, 6.45) is 5.57. The van der Waals surface area contributed by atoms with Crippen LogP contribution in [0.4, 0.5) is 4.79 Å². The number of carbonyl (C=O) groups is 2. The Labute approximate surface area is 203 Å². The van der Waals surface area contributed by atoms with E-state index in [-0.39, 0.29) is 17.9 Å². The Kier molecular flexibility index (Phi) is 6.50. The average molecular weight is 495 g/mol. The Balaban J connectivity index is 1.38. The van der Waals surface area contributed by atoms with Crippen molar-refractivity contribution in [3.05, 3.63) is 75.3 Å². The van der Waals surface area contributed by atoms with Gasteiger partial charge in [-0.25, -0.2) is 9.78 Å². The van der Waals surface area contributed by atoms with E-state index in [0.717, 1.165) is 43.0 Å². The highest BCUT2D eigenvalue weighted by Gasteiger charge is 2.23. The topological polar surface area (TPSA) is 106 Å². The van der Waals surface area contributed by atoms with Gasteiger partial charge in [-0.1, -0.05) is 30.0 Å². The van der Waals surface area contributed by atoms with Gasteiger partial charge in [-0.15, -0.1) is 11.3 Å². The zero-order valence-electron chi connectivity index (χ0n) is 18.2. The molecular weight excluding hydrogens is 472 g/mol. The second-order valence-corrected chi connectivity index (χ2v) is 9.89. The summed E-state index contributed by atoms with van der Waals surface area (Å²) in [6.45, 7) is 0.175. The van der Waals surface area contributed by atoms with Crippen LogP contribution in [-0.4, -0.2) is 27.2 Å². The lowest BCUT2D eigenvalue weighted by atomic mass is 9.97. The smallest absolute Gasteiger partial charge is 0.321 e. The van der Waals surface area contributed by atoms with Gasteiger partial charge in [0.15, 0.2) is 5.16 Å². The molecule has 1 aromatic carbocycles. The molecule has 0 spiro atoms. The summed E-state index contributed by atoms with van der Waals surface area (Å²) in [4.78, 5) is 44.8. The number of thiophene rings is 1. The number of hydrogen-bond acceptors (Lipinski definition) is 7. The summed E-state index contributed by atoms with van der Waals surface area (Å²) in [5, 5.41) is 5.98. The zero-order valence-corrected chi connectivity index (χ0v) is 19.8. The van der Waals surface area contributed by atoms with Crippen molar-refractivity contribution in [3.8, 4) is 5.69 Å². The Bertz CT molecular complexity index is 1390. The molecule has 0 radical (unpaired) electrons. The number of aryl methyl sites for hydroxylation is 2. The van der Waals surface area contributed by atoms with Crippen molar-refractivity contribution in [3.63, 3.8) is 0 Å². The molecule has 0 unspecified atom stereocenters. The van der Waals surface area contributed by atoms with Gasteiger partial charge in [0.1, 0.15) is 10.6 Å². The second kappa shape index (κ2) is 9.86. The predicted octanol–water partition coefficient (Wildman–Crippen LogP) is 4.04. The first-order valence-corrected chi connectivity index (χ1v) is 12.8. The molecule has 0 bridgehead atoms. The monoisotopic (exact) mass is 494 g/mol. The number of benzene rings is 1. The highest BCUT2D eigenvalue weighted by molar-refractivity contribution is 7.99. The molecule has 8 nitrogen and oxygen atoms in total. The molecule has 4 aromatic rings. The summed E-state index contributed by atoms with van der Waals surface area (Å²) in [7, 11) is 0. The van der Waals surface area contributed by atoms with Gasteiger partial charge in [0.05, 0.1) is 29.6 Å². The van der Waals surface area contributed by atoms with Gasteiger partial charge in [0.2, 0.25) is 5.91 Å². The molecule has 0 aliphatic heterocycles. The van der Waals surface area contributed by atoms with E-state index >= 15 is 0 Å². The van der Waals surface area contributed by atoms with Crippen LogP contribution in [0.15, 0.2) is 63.1 Å². The molecule has 5 rings (SSSR count). The van der Waals surface area contributed by atoms with E-state index in [9.17, 15) is 14.4 Å². The molecule has 1 aliphatic rings. The summed E-state index contributed by atoms with van der Waals surface area (Å²) < 4.78 is 6.72. The van der Waals surface area contributed by atoms with E-state index in [0.29, 0.717) is 26.8 Å². The van der Waals surface area contributed by atoms with Crippen molar-refractivity contribution in [1.82, 2.24) is 20.2 Å². The third kappa shape index (κ3) is 4.64. The number of furan rings is 1. The average Bonchev–Trinajstić information content (AvgIpc) is 3.49. The lowest BCUT2D eigenvalue weighted by molar-refractivity contribution is -0.117. The van der Waals surface area contributed by atoms with Crippen LogP contribution in [0.1, 0.15) is 29.0 Å². The minimum absolute atomic E-state index is 0.0654. The van der Waals surface area contributed by atoms with Gasteiger partial charge in [0, 0.05) is 4.88 Å². The standard InChI is InChI=1S/C24H22N4O4S2/c29-19(26-23(31)25-13-16-9-6-12-32-16)14-33-24-27-21-20(17-10-4-5-11-18(17)34-21)22(30)28(24)15-7-2-1-3-8-15/h1-3,6-9,12H,4-5,10-11,13-14H2,(H2,25,26,29,31). The van der Waals surface area contributed by atoms with Crippen LogP contribution in [0.25, 0.3) is 15.9 Å². The van der Waals surface area contributed by atoms with Crippen LogP contribution < -0.4 is 16.2 Å². The number of nitrogens with one attached hydrogen (secondary N) is 2. The molecule has 34 heavy (non-hydrogen) atoms. The number of nitrogens with zero attached hydrogens (tertiary/aromatic N) is 2. The number of hydrogen-bond donors (Lipinski definition) is 2. The summed E-state index contributed by atoms with van der Waals surface area (Å²) >= 11 is 2.70. The maximum atomic E-state index is 13.6. The number of amides is 3. The molecule has 0 saturated heterocycles. The minimum Gasteiger partial charge on any atom is -0.467 e. The fourth-order valence-electron chi connectivity index (χ4n) is 4.01. The quantitative estimate of drug-likeness (QED) is 0.310. The first kappa shape index (κ1) is 22.4. The van der Waals surface area contributed by atoms with Crippen LogP contribution in [0.5, 0.6) is 0 Å². The van der Waals surface area contributed by atoms with Gasteiger partial charge in [-0.05, 0) is 55.5 Å². The van der Waals surface area contributed by atoms with Crippen LogP contribution in [0, 0.1) is 0 Å². The van der Waals surface area contributed by atoms with Gasteiger partial charge in [0.25, 0.3) is 5.56 Å². The van der Waals surface area contributed by atoms with Crippen molar-refractivity contribution >= 4 is 45.3 Å². The number of urea groups is 1. The molecule has 3 aromatic heterocycles. The molecule has 1 aliphatic carbocycles. The van der Waals surface area contributed by atoms with Gasteiger partial charge in [-0.3, -0.25) is 19.5 Å². The van der Waals surface area contributed by atoms with E-state index < -0.39 is 11.9 Å². The van der Waals surface area contributed by atoms with Crippen LogP contribution in [0.3, 0.4) is 0 Å². The molecule has 10 heteroatoms. The molecule has 2 N–H and O–H groups in total. The molecular formula is C24H22N4O4S2. The third-order valence-electron chi connectivity index (χ3n) is 5.56. The third-order valence-corrected chi connectivity index (χ3v) is 7.69. The van der Waals surface area contributed by atoms with E-state index in [1.54, 1.807) is 28.0 Å². The Hall–Kier alpha value is -3.37. The lowest BCUT2D eigenvalue weighted by Crippen LogP contribution is -2.40. The Morgan fingerprint density at radius 2 is 1.94 bits per heavy atom. The van der Waals surface area contributed by atoms with Gasteiger partial charge < -0.3 is 9.73 Å². The number of thioether (sulfide) groups is 1. The number of imide groups is 1. The molecule has 3 amide bonds. The van der Waals surface area contributed by atoms with Crippen molar-refractivity contribution in [2.45, 2.75) is 37.4 Å². The zero-order chi connectivity index (χ0) is 23.5. The predicted molar refractivity (Wildman–Crippen MR) is 132 cm³/mol. The fourth-order valence-corrected chi connectivity index (χ4v) is 6.12. The maximum absolute atomic E-state index is 13.6. The fraction of sp³-hybridized carbons (Fsp3) is 0.250. The van der Waals surface area contributed by atoms with E-state index in [1.807, 2.05) is 30.3 Å². The van der Waals surface area contributed by atoms with E-state index in [4.69, 9.17) is 9.40 Å². The SMILES string of the molecule is O=C(CSc1nc2sc3c(c2c(=O)n1-c1ccccc1)CCCC3)NC(=O)NCc1ccco1. The summed E-state index contributed by atoms with van der Waals surface area (Å²) in [5.41, 5.74) is 1.70. The highest BCUT2D eigenvalue weighted by Crippen LogP contribution is 2.35. The Morgan fingerprint density at radius 1 is 1.12 bits per heavy atom. The molecule has 0 saturated carbocycles. The molecule has 0 fully saturated rings. The molecule has 0 atom stereocenters. The second-order valence-electron chi connectivity index (χ2n) is 7.86. The van der Waals surface area contributed by atoms with Crippen molar-refractivity contribution in [1.29, 1.82) is 0 Å². The first-order valence-electron chi connectivity index (χ1n) is 11.0. The van der Waals surface area contributed by atoms with E-state index in [2.05, 4.69) is 10.6 Å². The minimum atomic E-state index is -0.614. The normalized spacial score (nSPS) is 12.9. The van der Waals surface area contributed by atoms with E-state index in [1.165, 1.54) is 11.1 Å². The largest absolute Gasteiger partial charge is 0.467 e. The summed E-state index contributed by atoms with van der Waals surface area (Å²) in [6, 6.07) is 12.1. The van der Waals surface area contributed by atoms with Gasteiger partial charge >= 0.3 is 6.03 Å². The first-order chi connectivity index (χ1) is 16.6.